The van der Waals surface area contributed by atoms with Gasteiger partial charge >= 0.3 is 6.09 Å². The molecular formula is C17H26FN3O2. The summed E-state index contributed by atoms with van der Waals surface area (Å²) in [7, 11) is 0. The molecule has 1 atom stereocenters. The summed E-state index contributed by atoms with van der Waals surface area (Å²) in [6.45, 7) is 10.0. The molecule has 1 amide bonds. The second-order valence-corrected chi connectivity index (χ2v) is 7.11. The van der Waals surface area contributed by atoms with Crippen molar-refractivity contribution >= 4 is 11.8 Å². The van der Waals surface area contributed by atoms with Crippen LogP contribution in [-0.2, 0) is 11.3 Å². The van der Waals surface area contributed by atoms with Gasteiger partial charge in [0.15, 0.2) is 0 Å². The number of rotatable bonds is 2. The van der Waals surface area contributed by atoms with Crippen molar-refractivity contribution in [3.05, 3.63) is 29.6 Å². The van der Waals surface area contributed by atoms with E-state index in [1.165, 1.54) is 6.07 Å². The van der Waals surface area contributed by atoms with Gasteiger partial charge in [-0.25, -0.2) is 9.18 Å². The van der Waals surface area contributed by atoms with Crippen LogP contribution in [0.25, 0.3) is 0 Å². The zero-order valence-electron chi connectivity index (χ0n) is 14.3. The number of carbonyl (C=O) groups excluding carboxylic acids is 1. The number of anilines is 1. The smallest absolute Gasteiger partial charge is 0.410 e. The highest BCUT2D eigenvalue weighted by Crippen LogP contribution is 2.19. The molecule has 23 heavy (non-hydrogen) atoms. The fourth-order valence-electron chi connectivity index (χ4n) is 2.70. The van der Waals surface area contributed by atoms with Crippen molar-refractivity contribution < 1.29 is 13.9 Å². The lowest BCUT2D eigenvalue weighted by molar-refractivity contribution is 0.000441. The SMILES string of the molecule is CC1CN(Cc2ccc(N)cc2F)CCN1C(=O)OC(C)(C)C. The van der Waals surface area contributed by atoms with E-state index in [1.54, 1.807) is 17.0 Å². The van der Waals surface area contributed by atoms with Crippen LogP contribution in [0.5, 0.6) is 0 Å². The Bertz CT molecular complexity index is 571. The predicted octanol–water partition coefficient (Wildman–Crippen LogP) is 2.85. The van der Waals surface area contributed by atoms with Crippen molar-refractivity contribution in [2.45, 2.75) is 45.9 Å². The predicted molar refractivity (Wildman–Crippen MR) is 88.5 cm³/mol. The molecule has 0 aromatic heterocycles. The fraction of sp³-hybridized carbons (Fsp3) is 0.588. The van der Waals surface area contributed by atoms with E-state index >= 15 is 0 Å². The van der Waals surface area contributed by atoms with Crippen LogP contribution in [0.15, 0.2) is 18.2 Å². The van der Waals surface area contributed by atoms with E-state index in [2.05, 4.69) is 4.90 Å². The summed E-state index contributed by atoms with van der Waals surface area (Å²) in [4.78, 5) is 16.1. The highest BCUT2D eigenvalue weighted by Gasteiger charge is 2.30. The van der Waals surface area contributed by atoms with Crippen LogP contribution < -0.4 is 5.73 Å². The molecule has 1 unspecified atom stereocenters. The summed E-state index contributed by atoms with van der Waals surface area (Å²) in [5, 5.41) is 0. The summed E-state index contributed by atoms with van der Waals surface area (Å²) < 4.78 is 19.3. The molecule has 1 fully saturated rings. The van der Waals surface area contributed by atoms with Crippen molar-refractivity contribution in [1.82, 2.24) is 9.80 Å². The van der Waals surface area contributed by atoms with Crippen LogP contribution in [0.2, 0.25) is 0 Å². The molecule has 1 saturated heterocycles. The van der Waals surface area contributed by atoms with Gasteiger partial charge in [0.05, 0.1) is 0 Å². The lowest BCUT2D eigenvalue weighted by Crippen LogP contribution is -2.54. The molecular weight excluding hydrogens is 297 g/mol. The minimum atomic E-state index is -0.499. The molecule has 2 N–H and O–H groups in total. The quantitative estimate of drug-likeness (QED) is 0.850. The summed E-state index contributed by atoms with van der Waals surface area (Å²) in [6.07, 6.45) is -0.289. The third kappa shape index (κ3) is 4.82. The second-order valence-electron chi connectivity index (χ2n) is 7.11. The van der Waals surface area contributed by atoms with E-state index in [1.807, 2.05) is 27.7 Å². The Morgan fingerprint density at radius 2 is 2.09 bits per heavy atom. The molecule has 5 nitrogen and oxygen atoms in total. The van der Waals surface area contributed by atoms with Crippen LogP contribution in [0.1, 0.15) is 33.3 Å². The molecule has 0 radical (unpaired) electrons. The normalized spacial score (nSPS) is 19.7. The molecule has 1 aromatic carbocycles. The number of halogens is 1. The maximum Gasteiger partial charge on any atom is 0.410 e. The summed E-state index contributed by atoms with van der Waals surface area (Å²) in [6, 6.07) is 4.79. The average molecular weight is 323 g/mol. The van der Waals surface area contributed by atoms with Crippen LogP contribution in [-0.4, -0.2) is 47.2 Å². The molecule has 1 aromatic rings. The van der Waals surface area contributed by atoms with E-state index in [9.17, 15) is 9.18 Å². The van der Waals surface area contributed by atoms with E-state index in [4.69, 9.17) is 10.5 Å². The summed E-state index contributed by atoms with van der Waals surface area (Å²) in [5.74, 6) is -0.285. The highest BCUT2D eigenvalue weighted by atomic mass is 19.1. The Balaban J connectivity index is 1.94. The largest absolute Gasteiger partial charge is 0.444 e. The summed E-state index contributed by atoms with van der Waals surface area (Å²) >= 11 is 0. The second kappa shape index (κ2) is 6.74. The number of nitrogen functional groups attached to an aromatic ring is 1. The van der Waals surface area contributed by atoms with Gasteiger partial charge < -0.3 is 15.4 Å². The molecule has 0 saturated carbocycles. The third-order valence-electron chi connectivity index (χ3n) is 3.81. The number of nitrogens with zero attached hydrogens (tertiary/aromatic N) is 2. The van der Waals surface area contributed by atoms with Crippen LogP contribution in [0.3, 0.4) is 0 Å². The first-order chi connectivity index (χ1) is 10.7. The van der Waals surface area contributed by atoms with Crippen molar-refractivity contribution in [2.75, 3.05) is 25.4 Å². The van der Waals surface area contributed by atoms with Gasteiger partial charge in [0.25, 0.3) is 0 Å². The average Bonchev–Trinajstić information content (AvgIpc) is 2.40. The number of hydrogen-bond donors (Lipinski definition) is 1. The summed E-state index contributed by atoms with van der Waals surface area (Å²) in [5.41, 5.74) is 6.12. The minimum absolute atomic E-state index is 0.0236. The van der Waals surface area contributed by atoms with Gasteiger partial charge in [-0.15, -0.1) is 0 Å². The van der Waals surface area contributed by atoms with Crippen molar-refractivity contribution in [2.24, 2.45) is 0 Å². The van der Waals surface area contributed by atoms with Gasteiger partial charge in [0.2, 0.25) is 0 Å². The van der Waals surface area contributed by atoms with E-state index < -0.39 is 5.60 Å². The molecule has 0 spiro atoms. The monoisotopic (exact) mass is 323 g/mol. The first-order valence-corrected chi connectivity index (χ1v) is 7.91. The lowest BCUT2D eigenvalue weighted by atomic mass is 10.1. The number of carbonyl (C=O) groups is 1. The molecule has 1 aliphatic rings. The Labute approximate surface area is 137 Å². The standard InChI is InChI=1S/C17H26FN3O2/c1-12-10-20(11-13-5-6-14(19)9-15(13)18)7-8-21(12)16(22)23-17(2,3)4/h5-6,9,12H,7-8,10-11,19H2,1-4H3. The van der Waals surface area contributed by atoms with Gasteiger partial charge in [-0.05, 0) is 39.8 Å². The molecule has 1 heterocycles. The van der Waals surface area contributed by atoms with Crippen LogP contribution in [0.4, 0.5) is 14.9 Å². The molecule has 6 heteroatoms. The lowest BCUT2D eigenvalue weighted by Gasteiger charge is -2.40. The fourth-order valence-corrected chi connectivity index (χ4v) is 2.70. The molecule has 2 rings (SSSR count). The van der Waals surface area contributed by atoms with Gasteiger partial charge in [-0.3, -0.25) is 4.90 Å². The van der Waals surface area contributed by atoms with E-state index in [-0.39, 0.29) is 18.0 Å². The zero-order valence-corrected chi connectivity index (χ0v) is 14.3. The first kappa shape index (κ1) is 17.5. The number of nitrogens with two attached hydrogens (primary N) is 1. The van der Waals surface area contributed by atoms with E-state index in [0.717, 1.165) is 0 Å². The maximum atomic E-state index is 13.9. The van der Waals surface area contributed by atoms with Crippen LogP contribution >= 0.6 is 0 Å². The van der Waals surface area contributed by atoms with Crippen molar-refractivity contribution in [1.29, 1.82) is 0 Å². The minimum Gasteiger partial charge on any atom is -0.444 e. The Morgan fingerprint density at radius 3 is 2.65 bits per heavy atom. The van der Waals surface area contributed by atoms with Crippen molar-refractivity contribution in [3.63, 3.8) is 0 Å². The molecule has 0 bridgehead atoms. The first-order valence-electron chi connectivity index (χ1n) is 7.91. The molecule has 1 aliphatic heterocycles. The third-order valence-corrected chi connectivity index (χ3v) is 3.81. The number of benzene rings is 1. The van der Waals surface area contributed by atoms with Gasteiger partial charge in [0, 0.05) is 43.5 Å². The van der Waals surface area contributed by atoms with Crippen molar-refractivity contribution in [3.8, 4) is 0 Å². The van der Waals surface area contributed by atoms with Gasteiger partial charge in [-0.2, -0.15) is 0 Å². The molecule has 0 aliphatic carbocycles. The Kier molecular flexibility index (Phi) is 5.14. The highest BCUT2D eigenvalue weighted by molar-refractivity contribution is 5.68. The number of piperazine rings is 1. The van der Waals surface area contributed by atoms with Gasteiger partial charge in [0.1, 0.15) is 11.4 Å². The zero-order chi connectivity index (χ0) is 17.2. The maximum absolute atomic E-state index is 13.9. The number of hydrogen-bond acceptors (Lipinski definition) is 4. The Morgan fingerprint density at radius 1 is 1.39 bits per heavy atom. The Hall–Kier alpha value is -1.82. The van der Waals surface area contributed by atoms with Crippen LogP contribution in [0, 0.1) is 5.82 Å². The van der Waals surface area contributed by atoms with Gasteiger partial charge in [-0.1, -0.05) is 6.07 Å². The number of ether oxygens (including phenoxy) is 1. The van der Waals surface area contributed by atoms with E-state index in [0.29, 0.717) is 37.4 Å². The molecule has 128 valence electrons. The number of amides is 1. The topological polar surface area (TPSA) is 58.8 Å².